The zero-order valence-corrected chi connectivity index (χ0v) is 37.0. The van der Waals surface area contributed by atoms with Gasteiger partial charge in [-0.2, -0.15) is 0 Å². The first kappa shape index (κ1) is 43.2. The maximum Gasteiger partial charge on any atom is 0.330 e. The first-order valence-corrected chi connectivity index (χ1v) is 21.0. The first-order valence-electron chi connectivity index (χ1n) is 21.0. The molecule has 0 N–H and O–H groups in total. The average Bonchev–Trinajstić information content (AvgIpc) is 3.55. The number of ether oxygens (including phenoxy) is 4. The predicted octanol–water partition coefficient (Wildman–Crippen LogP) is 3.08. The minimum atomic E-state index is -0.440. The van der Waals surface area contributed by atoms with Crippen molar-refractivity contribution in [1.82, 2.24) is 33.1 Å². The Balaban J connectivity index is 0.882. The van der Waals surface area contributed by atoms with Gasteiger partial charge in [-0.05, 0) is 48.3 Å². The van der Waals surface area contributed by atoms with Crippen LogP contribution in [0.2, 0.25) is 0 Å². The standard InChI is InChI=1S/C47H45N9O10/c1-51-22-34(42(57)53(3)46(51)61)26-10-12-55-30(14-26)20-48-36-18-40(38(63-5)16-32(36)44(55)59)65-24-28-8-7-9-29(50-28)25-66-41-19-37-33(17-39(41)64-6)45(60)56-13-11-27(15-31(56)21-49-37)35-23-52(2)47(62)54(4)43(35)58/h7-11,16-23,30-31H,12-15,24-25H2,1-6H3/t30-,31?/m0/s1. The number of hydrogen-bond acceptors (Lipinski definition) is 13. The van der Waals surface area contributed by atoms with Crippen molar-refractivity contribution in [3.63, 3.8) is 0 Å². The zero-order valence-electron chi connectivity index (χ0n) is 37.0. The number of carbonyl (C=O) groups excluding carboxylic acids is 2. The molecule has 7 heterocycles. The highest BCUT2D eigenvalue weighted by Gasteiger charge is 2.35. The number of pyridine rings is 1. The lowest BCUT2D eigenvalue weighted by molar-refractivity contribution is 0.0740. The molecule has 2 atom stereocenters. The van der Waals surface area contributed by atoms with E-state index in [9.17, 15) is 28.8 Å². The van der Waals surface area contributed by atoms with Crippen LogP contribution in [0.4, 0.5) is 11.4 Å². The van der Waals surface area contributed by atoms with Crippen LogP contribution in [0.1, 0.15) is 56.1 Å². The van der Waals surface area contributed by atoms with E-state index in [2.05, 4.69) is 9.98 Å². The van der Waals surface area contributed by atoms with Crippen molar-refractivity contribution in [2.75, 3.05) is 27.3 Å². The Kier molecular flexibility index (Phi) is 11.2. The van der Waals surface area contributed by atoms with Gasteiger partial charge in [0.2, 0.25) is 0 Å². The van der Waals surface area contributed by atoms with E-state index < -0.39 is 34.6 Å². The third kappa shape index (κ3) is 7.71. The van der Waals surface area contributed by atoms with Crippen LogP contribution in [0.5, 0.6) is 23.0 Å². The number of amides is 2. The van der Waals surface area contributed by atoms with Crippen molar-refractivity contribution in [2.24, 2.45) is 38.2 Å². The summed E-state index contributed by atoms with van der Waals surface area (Å²) in [5.74, 6) is 0.848. The smallest absolute Gasteiger partial charge is 0.330 e. The Morgan fingerprint density at radius 2 is 1.00 bits per heavy atom. The van der Waals surface area contributed by atoms with Gasteiger partial charge in [-0.15, -0.1) is 0 Å². The molecule has 3 aromatic heterocycles. The molecular formula is C47H45N9O10. The van der Waals surface area contributed by atoms with Gasteiger partial charge in [-0.3, -0.25) is 43.3 Å². The molecule has 5 aromatic rings. The molecule has 66 heavy (non-hydrogen) atoms. The van der Waals surface area contributed by atoms with Crippen LogP contribution >= 0.6 is 0 Å². The summed E-state index contributed by atoms with van der Waals surface area (Å²) in [4.78, 5) is 95.9. The average molecular weight is 896 g/mol. The van der Waals surface area contributed by atoms with Gasteiger partial charge in [0.25, 0.3) is 22.9 Å². The minimum Gasteiger partial charge on any atom is -0.493 e. The molecule has 2 aromatic carbocycles. The van der Waals surface area contributed by atoms with Crippen LogP contribution < -0.4 is 41.4 Å². The van der Waals surface area contributed by atoms with Gasteiger partial charge < -0.3 is 37.9 Å². The number of fused-ring (bicyclic) bond motifs is 4. The Morgan fingerprint density at radius 3 is 1.41 bits per heavy atom. The fourth-order valence-electron chi connectivity index (χ4n) is 8.59. The monoisotopic (exact) mass is 895 g/mol. The summed E-state index contributed by atoms with van der Waals surface area (Å²) < 4.78 is 28.6. The Bertz CT molecular complexity index is 3040. The number of methoxy groups -OCH3 is 2. The molecule has 2 amide bonds. The lowest BCUT2D eigenvalue weighted by atomic mass is 9.95. The molecule has 0 saturated carbocycles. The van der Waals surface area contributed by atoms with Crippen molar-refractivity contribution < 1.29 is 28.5 Å². The van der Waals surface area contributed by atoms with Gasteiger partial charge >= 0.3 is 11.4 Å². The van der Waals surface area contributed by atoms with Gasteiger partial charge in [-0.25, -0.2) is 9.59 Å². The molecule has 9 rings (SSSR count). The topological polar surface area (TPSA) is 203 Å². The minimum absolute atomic E-state index is 0.0431. The van der Waals surface area contributed by atoms with E-state index in [0.29, 0.717) is 80.9 Å². The molecule has 0 spiro atoms. The Labute approximate surface area is 376 Å². The second kappa shape index (κ2) is 17.1. The first-order chi connectivity index (χ1) is 31.7. The highest BCUT2D eigenvalue weighted by Crippen LogP contribution is 2.40. The van der Waals surface area contributed by atoms with E-state index in [1.165, 1.54) is 49.8 Å². The van der Waals surface area contributed by atoms with Crippen molar-refractivity contribution in [3.8, 4) is 23.0 Å². The van der Waals surface area contributed by atoms with Crippen LogP contribution in [-0.2, 0) is 41.4 Å². The number of benzene rings is 2. The molecule has 19 nitrogen and oxygen atoms in total. The van der Waals surface area contributed by atoms with Crippen LogP contribution in [0.15, 0.2) is 96.2 Å². The van der Waals surface area contributed by atoms with E-state index in [1.807, 2.05) is 18.2 Å². The summed E-state index contributed by atoms with van der Waals surface area (Å²) in [6.45, 7) is 0.558. The van der Waals surface area contributed by atoms with E-state index in [-0.39, 0.29) is 38.1 Å². The second-order valence-corrected chi connectivity index (χ2v) is 16.3. The lowest BCUT2D eigenvalue weighted by Crippen LogP contribution is -2.44. The molecule has 0 radical (unpaired) electrons. The summed E-state index contributed by atoms with van der Waals surface area (Å²) in [6.07, 6.45) is 10.8. The summed E-state index contributed by atoms with van der Waals surface area (Å²) in [6, 6.07) is 11.1. The molecule has 1 unspecified atom stereocenters. The number of hydrogen-bond donors (Lipinski definition) is 0. The second-order valence-electron chi connectivity index (χ2n) is 16.3. The number of carbonyl (C=O) groups is 2. The zero-order chi connectivity index (χ0) is 46.6. The molecule has 19 heteroatoms. The van der Waals surface area contributed by atoms with Crippen molar-refractivity contribution in [3.05, 3.63) is 142 Å². The third-order valence-corrected chi connectivity index (χ3v) is 12.2. The normalized spacial score (nSPS) is 17.4. The van der Waals surface area contributed by atoms with Gasteiger partial charge in [0.05, 0.1) is 71.3 Å². The number of rotatable bonds is 10. The lowest BCUT2D eigenvalue weighted by Gasteiger charge is -2.32. The molecule has 0 bridgehead atoms. The summed E-state index contributed by atoms with van der Waals surface area (Å²) >= 11 is 0. The molecule has 4 aliphatic heterocycles. The fourth-order valence-corrected chi connectivity index (χ4v) is 8.59. The number of aromatic nitrogens is 5. The van der Waals surface area contributed by atoms with Crippen LogP contribution in [-0.4, -0.2) is 96.7 Å². The predicted molar refractivity (Wildman–Crippen MR) is 244 cm³/mol. The Hall–Kier alpha value is -8.09. The molecule has 0 fully saturated rings. The molecule has 0 saturated heterocycles. The van der Waals surface area contributed by atoms with Crippen LogP contribution in [0, 0.1) is 0 Å². The van der Waals surface area contributed by atoms with Gasteiger partial charge in [0, 0.05) is 78.2 Å². The fraction of sp³-hybridized carbons (Fsp3) is 0.298. The van der Waals surface area contributed by atoms with E-state index in [1.54, 1.807) is 72.7 Å². The quantitative estimate of drug-likeness (QED) is 0.199. The third-order valence-electron chi connectivity index (χ3n) is 12.2. The van der Waals surface area contributed by atoms with Gasteiger partial charge in [0.1, 0.15) is 13.2 Å². The number of aryl methyl sites for hydroxylation is 2. The van der Waals surface area contributed by atoms with Crippen LogP contribution in [0.3, 0.4) is 0 Å². The SMILES string of the molecule is COc1cc2c(cc1OCc1cccc(COc3cc4c(cc3OC)C(=O)N3CC=C(c5cn(C)c(=O)n(C)c5=O)C[C@H]3C=N4)n1)N=CC1CC(c3cn(C)c(=O)n(C)c3=O)=CCN1C2=O. The summed E-state index contributed by atoms with van der Waals surface area (Å²) in [5.41, 5.74) is 3.21. The highest BCUT2D eigenvalue weighted by molar-refractivity contribution is 6.05. The van der Waals surface area contributed by atoms with Gasteiger partial charge in [0.15, 0.2) is 23.0 Å². The molecule has 0 aliphatic carbocycles. The van der Waals surface area contributed by atoms with E-state index in [0.717, 1.165) is 20.3 Å². The van der Waals surface area contributed by atoms with Crippen molar-refractivity contribution >= 4 is 46.8 Å². The summed E-state index contributed by atoms with van der Waals surface area (Å²) in [5, 5.41) is 0. The molecule has 338 valence electrons. The molecular weight excluding hydrogens is 851 g/mol. The number of nitrogens with zero attached hydrogens (tertiary/aromatic N) is 9. The maximum atomic E-state index is 13.9. The molecule has 4 aliphatic rings. The van der Waals surface area contributed by atoms with E-state index >= 15 is 0 Å². The number of aliphatic imine (C=N–C) groups is 2. The Morgan fingerprint density at radius 1 is 0.576 bits per heavy atom. The van der Waals surface area contributed by atoms with Crippen molar-refractivity contribution in [1.29, 1.82) is 0 Å². The van der Waals surface area contributed by atoms with Crippen LogP contribution in [0.25, 0.3) is 11.1 Å². The largest absolute Gasteiger partial charge is 0.493 e. The maximum absolute atomic E-state index is 13.9. The van der Waals surface area contributed by atoms with Gasteiger partial charge in [-0.1, -0.05) is 18.2 Å². The highest BCUT2D eigenvalue weighted by atomic mass is 16.5. The summed E-state index contributed by atoms with van der Waals surface area (Å²) in [7, 11) is 9.03. The van der Waals surface area contributed by atoms with Crippen molar-refractivity contribution in [2.45, 2.75) is 38.1 Å². The van der Waals surface area contributed by atoms with E-state index in [4.69, 9.17) is 23.9 Å².